The van der Waals surface area contributed by atoms with Gasteiger partial charge in [-0.15, -0.1) is 0 Å². The Morgan fingerprint density at radius 3 is 2.95 bits per heavy atom. The molecule has 0 saturated carbocycles. The smallest absolute Gasteiger partial charge is 0.257 e. The average Bonchev–Trinajstić information content (AvgIpc) is 3.05. The number of hydrogen-bond donors (Lipinski definition) is 1. The van der Waals surface area contributed by atoms with E-state index in [0.717, 1.165) is 5.52 Å². The largest absolute Gasteiger partial charge is 0.431 e. The minimum atomic E-state index is -2.89. The van der Waals surface area contributed by atoms with E-state index in [9.17, 15) is 13.2 Å². The number of sulfone groups is 1. The highest BCUT2D eigenvalue weighted by atomic mass is 32.2. The Bertz CT molecular complexity index is 752. The third kappa shape index (κ3) is 3.80. The Hall–Kier alpha value is -1.54. The normalized spacial score (nSPS) is 20.3. The lowest BCUT2D eigenvalue weighted by Gasteiger charge is -2.08. The summed E-state index contributed by atoms with van der Waals surface area (Å²) in [6.07, 6.45) is 0.626. The topological polar surface area (TPSA) is 89.3 Å². The quantitative estimate of drug-likeness (QED) is 0.829. The fraction of sp³-hybridized carbons (Fsp3) is 0.429. The van der Waals surface area contributed by atoms with E-state index in [0.29, 0.717) is 23.8 Å². The molecular weight excluding hydrogens is 324 g/mol. The van der Waals surface area contributed by atoms with E-state index in [1.165, 1.54) is 11.8 Å². The van der Waals surface area contributed by atoms with Gasteiger partial charge in [-0.3, -0.25) is 4.79 Å². The number of aromatic nitrogens is 1. The molecule has 1 fully saturated rings. The highest BCUT2D eigenvalue weighted by Gasteiger charge is 2.27. The Labute approximate surface area is 132 Å². The van der Waals surface area contributed by atoms with Crippen molar-refractivity contribution in [3.05, 3.63) is 24.3 Å². The van der Waals surface area contributed by atoms with Crippen LogP contribution in [0.4, 0.5) is 0 Å². The van der Waals surface area contributed by atoms with Crippen LogP contribution in [0.3, 0.4) is 0 Å². The molecule has 1 atom stereocenters. The fourth-order valence-corrected chi connectivity index (χ4v) is 4.91. The third-order valence-electron chi connectivity index (χ3n) is 3.52. The van der Waals surface area contributed by atoms with Crippen LogP contribution in [0.2, 0.25) is 0 Å². The summed E-state index contributed by atoms with van der Waals surface area (Å²) < 4.78 is 28.2. The van der Waals surface area contributed by atoms with Gasteiger partial charge in [0.25, 0.3) is 5.22 Å². The minimum Gasteiger partial charge on any atom is -0.431 e. The second kappa shape index (κ2) is 6.29. The highest BCUT2D eigenvalue weighted by molar-refractivity contribution is 7.99. The summed E-state index contributed by atoms with van der Waals surface area (Å²) in [6.45, 7) is 0.409. The molecule has 1 aliphatic heterocycles. The molecule has 1 aromatic carbocycles. The number of oxazole rings is 1. The molecule has 1 saturated heterocycles. The van der Waals surface area contributed by atoms with Gasteiger partial charge < -0.3 is 9.73 Å². The lowest BCUT2D eigenvalue weighted by atomic mass is 10.1. The summed E-state index contributed by atoms with van der Waals surface area (Å²) in [7, 11) is -2.89. The molecule has 0 bridgehead atoms. The lowest BCUT2D eigenvalue weighted by molar-refractivity contribution is -0.118. The highest BCUT2D eigenvalue weighted by Crippen LogP contribution is 2.23. The second-order valence-electron chi connectivity index (χ2n) is 5.31. The first kappa shape index (κ1) is 15.4. The molecule has 1 aromatic heterocycles. The molecule has 118 valence electrons. The number of carbonyl (C=O) groups excluding carboxylic acids is 1. The van der Waals surface area contributed by atoms with Crippen molar-refractivity contribution >= 4 is 38.6 Å². The number of nitrogens with one attached hydrogen (secondary N) is 1. The number of amides is 1. The lowest BCUT2D eigenvalue weighted by Crippen LogP contribution is -2.31. The maximum Gasteiger partial charge on any atom is 0.257 e. The molecule has 22 heavy (non-hydrogen) atoms. The Balaban J connectivity index is 1.46. The maximum absolute atomic E-state index is 11.8. The van der Waals surface area contributed by atoms with Crippen LogP contribution < -0.4 is 5.32 Å². The zero-order valence-corrected chi connectivity index (χ0v) is 13.5. The summed E-state index contributed by atoms with van der Waals surface area (Å²) in [5.74, 6) is 0.489. The van der Waals surface area contributed by atoms with E-state index in [1.807, 2.05) is 24.3 Å². The summed E-state index contributed by atoms with van der Waals surface area (Å²) in [5.41, 5.74) is 1.46. The standard InChI is InChI=1S/C14H16N2O4S2/c17-13(15-7-10-5-6-22(18,19)9-10)8-21-14-16-11-3-1-2-4-12(11)20-14/h1-4,10H,5-9H2,(H,15,17). The Morgan fingerprint density at radius 2 is 2.23 bits per heavy atom. The van der Waals surface area contributed by atoms with Crippen LogP contribution in [0.5, 0.6) is 0 Å². The average molecular weight is 340 g/mol. The van der Waals surface area contributed by atoms with Gasteiger partial charge in [0.05, 0.1) is 17.3 Å². The molecule has 8 heteroatoms. The summed E-state index contributed by atoms with van der Waals surface area (Å²) in [6, 6.07) is 7.42. The van der Waals surface area contributed by atoms with Gasteiger partial charge in [0.15, 0.2) is 15.4 Å². The number of hydrogen-bond acceptors (Lipinski definition) is 6. The van der Waals surface area contributed by atoms with Crippen LogP contribution in [-0.2, 0) is 14.6 Å². The van der Waals surface area contributed by atoms with Crippen LogP contribution in [0.1, 0.15) is 6.42 Å². The number of carbonyl (C=O) groups is 1. The number of para-hydroxylation sites is 2. The molecule has 1 N–H and O–H groups in total. The van der Waals surface area contributed by atoms with Crippen molar-refractivity contribution in [3.63, 3.8) is 0 Å². The molecule has 3 rings (SSSR count). The summed E-state index contributed by atoms with van der Waals surface area (Å²) in [4.78, 5) is 16.1. The maximum atomic E-state index is 11.8. The first-order chi connectivity index (χ1) is 10.5. The molecule has 6 nitrogen and oxygen atoms in total. The SMILES string of the molecule is O=C(CSc1nc2ccccc2o1)NCC1CCS(=O)(=O)C1. The van der Waals surface area contributed by atoms with Crippen LogP contribution in [0.25, 0.3) is 11.1 Å². The molecule has 1 amide bonds. The van der Waals surface area contributed by atoms with Gasteiger partial charge in [-0.2, -0.15) is 0 Å². The first-order valence-corrected chi connectivity index (χ1v) is 9.78. The number of rotatable bonds is 5. The van der Waals surface area contributed by atoms with E-state index < -0.39 is 9.84 Å². The molecule has 1 aliphatic rings. The van der Waals surface area contributed by atoms with Crippen molar-refractivity contribution in [2.75, 3.05) is 23.8 Å². The number of benzene rings is 1. The molecule has 0 radical (unpaired) electrons. The first-order valence-electron chi connectivity index (χ1n) is 6.97. The number of fused-ring (bicyclic) bond motifs is 1. The number of thioether (sulfide) groups is 1. The fourth-order valence-electron chi connectivity index (χ4n) is 2.38. The molecule has 0 spiro atoms. The third-order valence-corrected chi connectivity index (χ3v) is 6.18. The molecular formula is C14H16N2O4S2. The van der Waals surface area contributed by atoms with Crippen molar-refractivity contribution in [2.24, 2.45) is 5.92 Å². The Morgan fingerprint density at radius 1 is 1.41 bits per heavy atom. The van der Waals surface area contributed by atoms with Gasteiger partial charge in [-0.25, -0.2) is 13.4 Å². The van der Waals surface area contributed by atoms with Crippen LogP contribution >= 0.6 is 11.8 Å². The van der Waals surface area contributed by atoms with E-state index in [1.54, 1.807) is 0 Å². The molecule has 1 unspecified atom stereocenters. The van der Waals surface area contributed by atoms with E-state index in [-0.39, 0.29) is 29.1 Å². The van der Waals surface area contributed by atoms with Gasteiger partial charge >= 0.3 is 0 Å². The minimum absolute atomic E-state index is 0.0308. The second-order valence-corrected chi connectivity index (χ2v) is 8.46. The number of nitrogens with zero attached hydrogens (tertiary/aromatic N) is 1. The van der Waals surface area contributed by atoms with Gasteiger partial charge in [0.1, 0.15) is 5.52 Å². The van der Waals surface area contributed by atoms with E-state index in [2.05, 4.69) is 10.3 Å². The molecule has 2 heterocycles. The monoisotopic (exact) mass is 340 g/mol. The zero-order chi connectivity index (χ0) is 15.6. The molecule has 2 aromatic rings. The van der Waals surface area contributed by atoms with Crippen LogP contribution in [0, 0.1) is 5.92 Å². The van der Waals surface area contributed by atoms with Crippen molar-refractivity contribution in [2.45, 2.75) is 11.6 Å². The van der Waals surface area contributed by atoms with Crippen molar-refractivity contribution in [1.29, 1.82) is 0 Å². The van der Waals surface area contributed by atoms with Crippen LogP contribution in [-0.4, -0.2) is 43.1 Å². The molecule has 0 aliphatic carbocycles. The van der Waals surface area contributed by atoms with Crippen molar-refractivity contribution in [3.8, 4) is 0 Å². The Kier molecular flexibility index (Phi) is 4.39. The summed E-state index contributed by atoms with van der Waals surface area (Å²) in [5, 5.41) is 3.23. The van der Waals surface area contributed by atoms with Crippen molar-refractivity contribution in [1.82, 2.24) is 10.3 Å². The van der Waals surface area contributed by atoms with E-state index >= 15 is 0 Å². The van der Waals surface area contributed by atoms with Crippen molar-refractivity contribution < 1.29 is 17.6 Å². The van der Waals surface area contributed by atoms with Gasteiger partial charge in [-0.1, -0.05) is 23.9 Å². The van der Waals surface area contributed by atoms with Gasteiger partial charge in [0, 0.05) is 6.54 Å². The van der Waals surface area contributed by atoms with Gasteiger partial charge in [-0.05, 0) is 24.5 Å². The van der Waals surface area contributed by atoms with Gasteiger partial charge in [0.2, 0.25) is 5.91 Å². The zero-order valence-electron chi connectivity index (χ0n) is 11.8. The predicted octanol–water partition coefficient (Wildman–Crippen LogP) is 1.47. The van der Waals surface area contributed by atoms with E-state index in [4.69, 9.17) is 4.42 Å². The predicted molar refractivity (Wildman–Crippen MR) is 84.5 cm³/mol. The van der Waals surface area contributed by atoms with Crippen LogP contribution in [0.15, 0.2) is 33.9 Å². The summed E-state index contributed by atoms with van der Waals surface area (Å²) >= 11 is 1.23.